The maximum atomic E-state index is 13.0. The van der Waals surface area contributed by atoms with Crippen LogP contribution in [0.4, 0.5) is 10.1 Å². The van der Waals surface area contributed by atoms with E-state index in [2.05, 4.69) is 20.0 Å². The van der Waals surface area contributed by atoms with E-state index >= 15 is 0 Å². The van der Waals surface area contributed by atoms with Crippen LogP contribution in [0.25, 0.3) is 0 Å². The number of guanidine groups is 1. The molecule has 0 saturated carbocycles. The average molecular weight is 360 g/mol. The molecule has 8 heteroatoms. The van der Waals surface area contributed by atoms with Gasteiger partial charge in [-0.05, 0) is 24.3 Å². The van der Waals surface area contributed by atoms with Crippen LogP contribution in [0.3, 0.4) is 0 Å². The van der Waals surface area contributed by atoms with Gasteiger partial charge in [-0.2, -0.15) is 4.98 Å². The lowest BCUT2D eigenvalue weighted by atomic mass is 9.97. The Balaban J connectivity index is 1.54. The summed E-state index contributed by atoms with van der Waals surface area (Å²) in [6.07, 6.45) is 0. The topological polar surface area (TPSA) is 83.8 Å². The SMILES string of the molecule is CC(C)(C)c1nc(CN=C(N)N2CCN(c3ccc(F)cc3)CC2)no1. The second-order valence-corrected chi connectivity index (χ2v) is 7.39. The van der Waals surface area contributed by atoms with E-state index in [9.17, 15) is 4.39 Å². The maximum absolute atomic E-state index is 13.0. The highest BCUT2D eigenvalue weighted by molar-refractivity contribution is 5.78. The fraction of sp³-hybridized carbons (Fsp3) is 0.500. The molecule has 1 aromatic heterocycles. The zero-order valence-corrected chi connectivity index (χ0v) is 15.4. The van der Waals surface area contributed by atoms with Gasteiger partial charge in [0.05, 0.1) is 0 Å². The Kier molecular flexibility index (Phi) is 5.11. The third kappa shape index (κ3) is 4.30. The first-order valence-corrected chi connectivity index (χ1v) is 8.71. The highest BCUT2D eigenvalue weighted by Gasteiger charge is 2.22. The molecule has 3 rings (SSSR count). The molecule has 1 aliphatic rings. The second-order valence-electron chi connectivity index (χ2n) is 7.39. The summed E-state index contributed by atoms with van der Waals surface area (Å²) >= 11 is 0. The minimum atomic E-state index is -0.222. The van der Waals surface area contributed by atoms with Crippen molar-refractivity contribution in [2.24, 2.45) is 10.7 Å². The smallest absolute Gasteiger partial charge is 0.232 e. The van der Waals surface area contributed by atoms with Crippen LogP contribution in [-0.4, -0.2) is 47.2 Å². The Morgan fingerprint density at radius 3 is 2.42 bits per heavy atom. The predicted molar refractivity (Wildman–Crippen MR) is 98.5 cm³/mol. The number of rotatable bonds is 3. The van der Waals surface area contributed by atoms with E-state index in [0.717, 1.165) is 31.9 Å². The molecular formula is C18H25FN6O. The van der Waals surface area contributed by atoms with Gasteiger partial charge in [-0.3, -0.25) is 0 Å². The van der Waals surface area contributed by atoms with Gasteiger partial charge in [0.25, 0.3) is 0 Å². The van der Waals surface area contributed by atoms with Crippen molar-refractivity contribution in [1.29, 1.82) is 0 Å². The van der Waals surface area contributed by atoms with Crippen molar-refractivity contribution in [3.63, 3.8) is 0 Å². The summed E-state index contributed by atoms with van der Waals surface area (Å²) < 4.78 is 18.3. The summed E-state index contributed by atoms with van der Waals surface area (Å²) in [7, 11) is 0. The number of hydrogen-bond acceptors (Lipinski definition) is 5. The van der Waals surface area contributed by atoms with Crippen molar-refractivity contribution in [3.05, 3.63) is 41.8 Å². The Morgan fingerprint density at radius 2 is 1.85 bits per heavy atom. The van der Waals surface area contributed by atoms with Crippen LogP contribution >= 0.6 is 0 Å². The molecule has 1 aromatic carbocycles. The van der Waals surface area contributed by atoms with Crippen molar-refractivity contribution in [3.8, 4) is 0 Å². The molecule has 0 amide bonds. The van der Waals surface area contributed by atoms with Crippen LogP contribution < -0.4 is 10.6 Å². The van der Waals surface area contributed by atoms with Crippen LogP contribution in [0, 0.1) is 5.82 Å². The van der Waals surface area contributed by atoms with Gasteiger partial charge < -0.3 is 20.1 Å². The Morgan fingerprint density at radius 1 is 1.19 bits per heavy atom. The molecule has 0 bridgehead atoms. The number of nitrogens with zero attached hydrogens (tertiary/aromatic N) is 5. The van der Waals surface area contributed by atoms with E-state index in [-0.39, 0.29) is 11.2 Å². The molecule has 1 fully saturated rings. The summed E-state index contributed by atoms with van der Waals surface area (Å²) in [5.74, 6) is 1.38. The Bertz CT molecular complexity index is 757. The van der Waals surface area contributed by atoms with Gasteiger partial charge in [-0.15, -0.1) is 0 Å². The van der Waals surface area contributed by atoms with Crippen molar-refractivity contribution in [2.75, 3.05) is 31.1 Å². The zero-order valence-electron chi connectivity index (χ0n) is 15.4. The van der Waals surface area contributed by atoms with E-state index in [1.54, 1.807) is 12.1 Å². The number of piperazine rings is 1. The van der Waals surface area contributed by atoms with Gasteiger partial charge in [-0.1, -0.05) is 25.9 Å². The summed E-state index contributed by atoms with van der Waals surface area (Å²) in [5.41, 5.74) is 6.95. The first kappa shape index (κ1) is 18.2. The molecule has 26 heavy (non-hydrogen) atoms. The van der Waals surface area contributed by atoms with Crippen molar-refractivity contribution < 1.29 is 8.91 Å². The highest BCUT2D eigenvalue weighted by Crippen LogP contribution is 2.20. The second kappa shape index (κ2) is 7.31. The number of benzene rings is 1. The maximum Gasteiger partial charge on any atom is 0.232 e. The number of hydrogen-bond donors (Lipinski definition) is 1. The largest absolute Gasteiger partial charge is 0.370 e. The van der Waals surface area contributed by atoms with Crippen molar-refractivity contribution in [2.45, 2.75) is 32.7 Å². The molecule has 7 nitrogen and oxygen atoms in total. The minimum Gasteiger partial charge on any atom is -0.370 e. The number of nitrogens with two attached hydrogens (primary N) is 1. The van der Waals surface area contributed by atoms with Crippen molar-refractivity contribution in [1.82, 2.24) is 15.0 Å². The first-order chi connectivity index (χ1) is 12.3. The Hall–Kier alpha value is -2.64. The van der Waals surface area contributed by atoms with Gasteiger partial charge in [0.2, 0.25) is 5.89 Å². The molecule has 0 unspecified atom stereocenters. The summed E-state index contributed by atoms with van der Waals surface area (Å²) in [6.45, 7) is 9.46. The summed E-state index contributed by atoms with van der Waals surface area (Å²) in [4.78, 5) is 13.0. The van der Waals surface area contributed by atoms with Crippen molar-refractivity contribution >= 4 is 11.6 Å². The van der Waals surface area contributed by atoms with Gasteiger partial charge in [0.1, 0.15) is 12.4 Å². The van der Waals surface area contributed by atoms with Gasteiger partial charge in [0.15, 0.2) is 11.8 Å². The lowest BCUT2D eigenvalue weighted by Gasteiger charge is -2.36. The molecule has 0 radical (unpaired) electrons. The number of halogens is 1. The third-order valence-corrected chi connectivity index (χ3v) is 4.29. The van der Waals surface area contributed by atoms with E-state index in [1.165, 1.54) is 12.1 Å². The molecule has 2 aromatic rings. The standard InChI is InChI=1S/C18H25FN6O/c1-18(2,3)16-22-15(23-26-16)12-21-17(20)25-10-8-24(9-11-25)14-6-4-13(19)5-7-14/h4-7H,8-12H2,1-3H3,(H2,20,21). The van der Waals surface area contributed by atoms with Gasteiger partial charge >= 0.3 is 0 Å². The molecule has 1 saturated heterocycles. The van der Waals surface area contributed by atoms with Crippen LogP contribution in [0.15, 0.2) is 33.8 Å². The first-order valence-electron chi connectivity index (χ1n) is 8.71. The number of anilines is 1. The fourth-order valence-electron chi connectivity index (χ4n) is 2.72. The monoisotopic (exact) mass is 360 g/mol. The molecule has 2 N–H and O–H groups in total. The molecular weight excluding hydrogens is 335 g/mol. The summed E-state index contributed by atoms with van der Waals surface area (Å²) in [5, 5.41) is 3.95. The third-order valence-electron chi connectivity index (χ3n) is 4.29. The van der Waals surface area contributed by atoms with Crippen LogP contribution in [-0.2, 0) is 12.0 Å². The van der Waals surface area contributed by atoms with E-state index in [0.29, 0.717) is 24.2 Å². The van der Waals surface area contributed by atoms with Crippen LogP contribution in [0.5, 0.6) is 0 Å². The molecule has 0 aliphatic carbocycles. The average Bonchev–Trinajstić information content (AvgIpc) is 3.10. The van der Waals surface area contributed by atoms with Gasteiger partial charge in [0, 0.05) is 37.3 Å². The molecule has 140 valence electrons. The summed E-state index contributed by atoms with van der Waals surface area (Å²) in [6, 6.07) is 6.56. The normalized spacial score (nSPS) is 16.2. The predicted octanol–water partition coefficient (Wildman–Crippen LogP) is 2.14. The van der Waals surface area contributed by atoms with E-state index < -0.39 is 0 Å². The van der Waals surface area contributed by atoms with Crippen LogP contribution in [0.1, 0.15) is 32.5 Å². The lowest BCUT2D eigenvalue weighted by Crippen LogP contribution is -2.51. The fourth-order valence-corrected chi connectivity index (χ4v) is 2.72. The molecule has 0 atom stereocenters. The van der Waals surface area contributed by atoms with Gasteiger partial charge in [-0.25, -0.2) is 9.38 Å². The molecule has 2 heterocycles. The number of aliphatic imine (C=N–C) groups is 1. The zero-order chi connectivity index (χ0) is 18.7. The van der Waals surface area contributed by atoms with E-state index in [4.69, 9.17) is 10.3 Å². The minimum absolute atomic E-state index is 0.183. The quantitative estimate of drug-likeness (QED) is 0.667. The highest BCUT2D eigenvalue weighted by atomic mass is 19.1. The lowest BCUT2D eigenvalue weighted by molar-refractivity contribution is 0.318. The Labute approximate surface area is 152 Å². The molecule has 1 aliphatic heterocycles. The molecule has 0 spiro atoms. The van der Waals surface area contributed by atoms with Crippen LogP contribution in [0.2, 0.25) is 0 Å². The van der Waals surface area contributed by atoms with E-state index in [1.807, 2.05) is 25.7 Å². The number of aromatic nitrogens is 2.